The van der Waals surface area contributed by atoms with E-state index in [0.717, 1.165) is 31.1 Å². The molecule has 0 bridgehead atoms. The number of thiocyanates is 1. The number of fused-ring (bicyclic) bond motifs is 2. The molecule has 1 aliphatic heterocycles. The molecule has 5 heteroatoms. The highest BCUT2D eigenvalue weighted by Crippen LogP contribution is 2.45. The molecule has 0 unspecified atom stereocenters. The fourth-order valence-electron chi connectivity index (χ4n) is 1.76. The average Bonchev–Trinajstić information content (AvgIpc) is 2.37. The lowest BCUT2D eigenvalue weighted by Gasteiger charge is -2.21. The molecule has 0 saturated carbocycles. The highest BCUT2D eigenvalue weighted by molar-refractivity contribution is 8.03. The van der Waals surface area contributed by atoms with Gasteiger partial charge in [0.2, 0.25) is 0 Å². The zero-order chi connectivity index (χ0) is 12.5. The first kappa shape index (κ1) is 11.8. The van der Waals surface area contributed by atoms with E-state index in [-0.39, 0.29) is 0 Å². The van der Waals surface area contributed by atoms with E-state index in [1.54, 1.807) is 11.8 Å². The second-order valence-electron chi connectivity index (χ2n) is 3.72. The molecule has 0 atom stereocenters. The van der Waals surface area contributed by atoms with E-state index >= 15 is 0 Å². The van der Waals surface area contributed by atoms with E-state index in [9.17, 15) is 0 Å². The largest absolute Gasteiger partial charge is 0.354 e. The summed E-state index contributed by atoms with van der Waals surface area (Å²) in [5.41, 5.74) is 2.08. The van der Waals surface area contributed by atoms with Gasteiger partial charge in [0.1, 0.15) is 5.40 Å². The standard InChI is InChI=1S/C13H7ClN2S2/c14-8-1-4-12-11(5-8)16-10-3-2-9(17-7-15)6-13(10)18-12/h1-6,16H. The molecule has 0 aromatic heterocycles. The van der Waals surface area contributed by atoms with Crippen molar-refractivity contribution in [1.82, 2.24) is 0 Å². The lowest BCUT2D eigenvalue weighted by atomic mass is 10.2. The number of anilines is 2. The highest BCUT2D eigenvalue weighted by atomic mass is 35.5. The van der Waals surface area contributed by atoms with Gasteiger partial charge in [-0.1, -0.05) is 23.4 Å². The van der Waals surface area contributed by atoms with Gasteiger partial charge in [0.05, 0.1) is 11.4 Å². The molecular weight excluding hydrogens is 284 g/mol. The average molecular weight is 291 g/mol. The van der Waals surface area contributed by atoms with Crippen LogP contribution in [0, 0.1) is 10.7 Å². The van der Waals surface area contributed by atoms with Crippen molar-refractivity contribution in [2.75, 3.05) is 5.32 Å². The molecule has 0 spiro atoms. The van der Waals surface area contributed by atoms with Crippen LogP contribution in [0.1, 0.15) is 0 Å². The number of nitrogens with zero attached hydrogens (tertiary/aromatic N) is 1. The first-order valence-electron chi connectivity index (χ1n) is 5.21. The third-order valence-corrected chi connectivity index (χ3v) is 4.50. The molecule has 0 saturated heterocycles. The van der Waals surface area contributed by atoms with E-state index in [0.29, 0.717) is 0 Å². The van der Waals surface area contributed by atoms with Gasteiger partial charge in [-0.05, 0) is 48.2 Å². The van der Waals surface area contributed by atoms with E-state index in [2.05, 4.69) is 10.7 Å². The van der Waals surface area contributed by atoms with Crippen LogP contribution in [0.2, 0.25) is 5.02 Å². The molecule has 1 N–H and O–H groups in total. The van der Waals surface area contributed by atoms with Crippen molar-refractivity contribution in [3.05, 3.63) is 41.4 Å². The van der Waals surface area contributed by atoms with Crippen molar-refractivity contribution in [3.8, 4) is 5.40 Å². The zero-order valence-electron chi connectivity index (χ0n) is 9.11. The Balaban J connectivity index is 2.00. The fourth-order valence-corrected chi connectivity index (χ4v) is 3.43. The third-order valence-electron chi connectivity index (χ3n) is 2.55. The molecule has 2 aromatic rings. The van der Waals surface area contributed by atoms with Gasteiger partial charge >= 0.3 is 0 Å². The lowest BCUT2D eigenvalue weighted by Crippen LogP contribution is -1.99. The van der Waals surface area contributed by atoms with Crippen LogP contribution in [0.15, 0.2) is 51.1 Å². The number of hydrogen-bond donors (Lipinski definition) is 1. The number of hydrogen-bond acceptors (Lipinski definition) is 4. The van der Waals surface area contributed by atoms with Crippen LogP contribution in [-0.2, 0) is 0 Å². The Morgan fingerprint density at radius 1 is 1.11 bits per heavy atom. The molecular formula is C13H7ClN2S2. The van der Waals surface area contributed by atoms with Gasteiger partial charge in [0.25, 0.3) is 0 Å². The second kappa shape index (κ2) is 4.77. The predicted octanol–water partition coefficient (Wildman–Crippen LogP) is 5.12. The summed E-state index contributed by atoms with van der Waals surface area (Å²) in [5, 5.41) is 14.9. The molecule has 3 rings (SSSR count). The van der Waals surface area contributed by atoms with Gasteiger partial charge in [-0.25, -0.2) is 0 Å². The Morgan fingerprint density at radius 2 is 2.00 bits per heavy atom. The van der Waals surface area contributed by atoms with Crippen LogP contribution < -0.4 is 5.32 Å². The monoisotopic (exact) mass is 290 g/mol. The quantitative estimate of drug-likeness (QED) is 0.498. The first-order valence-corrected chi connectivity index (χ1v) is 7.22. The summed E-state index contributed by atoms with van der Waals surface area (Å²) in [4.78, 5) is 3.24. The number of nitrogens with one attached hydrogen (secondary N) is 1. The maximum Gasteiger partial charge on any atom is 0.138 e. The second-order valence-corrected chi connectivity index (χ2v) is 6.10. The topological polar surface area (TPSA) is 35.8 Å². The minimum absolute atomic E-state index is 0.724. The summed E-state index contributed by atoms with van der Waals surface area (Å²) in [7, 11) is 0. The van der Waals surface area contributed by atoms with Crippen molar-refractivity contribution >= 4 is 46.5 Å². The predicted molar refractivity (Wildman–Crippen MR) is 76.8 cm³/mol. The molecule has 0 radical (unpaired) electrons. The Bertz CT molecular complexity index is 665. The summed E-state index contributed by atoms with van der Waals surface area (Å²) in [5.74, 6) is 0. The summed E-state index contributed by atoms with van der Waals surface area (Å²) >= 11 is 8.84. The van der Waals surface area contributed by atoms with Gasteiger partial charge in [0.15, 0.2) is 0 Å². The van der Waals surface area contributed by atoms with Crippen LogP contribution in [0.25, 0.3) is 0 Å². The zero-order valence-corrected chi connectivity index (χ0v) is 11.5. The van der Waals surface area contributed by atoms with Crippen molar-refractivity contribution in [2.45, 2.75) is 14.7 Å². The molecule has 2 nitrogen and oxygen atoms in total. The number of thioether (sulfide) groups is 1. The van der Waals surface area contributed by atoms with Crippen LogP contribution in [0.5, 0.6) is 0 Å². The normalized spacial score (nSPS) is 12.0. The van der Waals surface area contributed by atoms with Gasteiger partial charge < -0.3 is 5.32 Å². The SMILES string of the molecule is N#CSc1ccc2c(c1)Sc1ccc(Cl)cc1N2. The molecule has 0 amide bonds. The Morgan fingerprint density at radius 3 is 2.83 bits per heavy atom. The summed E-state index contributed by atoms with van der Waals surface area (Å²) < 4.78 is 0. The fraction of sp³-hybridized carbons (Fsp3) is 0. The van der Waals surface area contributed by atoms with Crippen molar-refractivity contribution in [2.24, 2.45) is 0 Å². The summed E-state index contributed by atoms with van der Waals surface area (Å²) in [6, 6.07) is 11.8. The molecule has 1 heterocycles. The lowest BCUT2D eigenvalue weighted by molar-refractivity contribution is 1.27. The number of rotatable bonds is 1. The molecule has 1 aliphatic rings. The minimum atomic E-state index is 0.724. The summed E-state index contributed by atoms with van der Waals surface area (Å²) in [6.45, 7) is 0. The molecule has 88 valence electrons. The molecule has 0 fully saturated rings. The van der Waals surface area contributed by atoms with Gasteiger partial charge in [-0.2, -0.15) is 5.26 Å². The van der Waals surface area contributed by atoms with Crippen molar-refractivity contribution in [1.29, 1.82) is 5.26 Å². The van der Waals surface area contributed by atoms with Gasteiger partial charge in [-0.15, -0.1) is 0 Å². The van der Waals surface area contributed by atoms with Gasteiger partial charge in [-0.3, -0.25) is 0 Å². The van der Waals surface area contributed by atoms with E-state index in [1.165, 1.54) is 11.8 Å². The maximum atomic E-state index is 8.69. The van der Waals surface area contributed by atoms with Crippen LogP contribution in [-0.4, -0.2) is 0 Å². The Kier molecular flexibility index (Phi) is 3.13. The molecule has 2 aromatic carbocycles. The van der Waals surface area contributed by atoms with Crippen LogP contribution in [0.4, 0.5) is 11.4 Å². The van der Waals surface area contributed by atoms with E-state index in [4.69, 9.17) is 16.9 Å². The molecule has 0 aliphatic carbocycles. The summed E-state index contributed by atoms with van der Waals surface area (Å²) in [6.07, 6.45) is 0. The van der Waals surface area contributed by atoms with E-state index in [1.807, 2.05) is 36.4 Å². The number of nitriles is 1. The van der Waals surface area contributed by atoms with Crippen molar-refractivity contribution < 1.29 is 0 Å². The Hall–Kier alpha value is -1.28. The molecule has 18 heavy (non-hydrogen) atoms. The number of halogens is 1. The number of benzene rings is 2. The highest BCUT2D eigenvalue weighted by Gasteiger charge is 2.16. The van der Waals surface area contributed by atoms with Crippen molar-refractivity contribution in [3.63, 3.8) is 0 Å². The maximum absolute atomic E-state index is 8.69. The Labute approximate surface area is 118 Å². The van der Waals surface area contributed by atoms with Crippen LogP contribution in [0.3, 0.4) is 0 Å². The van der Waals surface area contributed by atoms with E-state index < -0.39 is 0 Å². The first-order chi connectivity index (χ1) is 8.76. The third kappa shape index (κ3) is 2.17. The smallest absolute Gasteiger partial charge is 0.138 e. The van der Waals surface area contributed by atoms with Crippen LogP contribution >= 0.6 is 35.1 Å². The minimum Gasteiger partial charge on any atom is -0.354 e. The van der Waals surface area contributed by atoms with Gasteiger partial charge in [0, 0.05) is 19.7 Å².